The van der Waals surface area contributed by atoms with Crippen molar-refractivity contribution < 1.29 is 4.39 Å². The van der Waals surface area contributed by atoms with Crippen molar-refractivity contribution in [3.8, 4) is 11.3 Å². The zero-order valence-corrected chi connectivity index (χ0v) is 16.6. The van der Waals surface area contributed by atoms with E-state index in [1.54, 1.807) is 10.7 Å². The molecule has 0 amide bonds. The van der Waals surface area contributed by atoms with E-state index < -0.39 is 0 Å². The van der Waals surface area contributed by atoms with E-state index in [1.165, 1.54) is 44.8 Å². The van der Waals surface area contributed by atoms with Gasteiger partial charge in [-0.3, -0.25) is 9.58 Å². The van der Waals surface area contributed by atoms with Crippen molar-refractivity contribution in [2.75, 3.05) is 26.2 Å². The lowest BCUT2D eigenvalue weighted by Gasteiger charge is -2.38. The third-order valence-electron chi connectivity index (χ3n) is 6.46. The maximum atomic E-state index is 14.3. The molecule has 4 rings (SSSR count). The van der Waals surface area contributed by atoms with Crippen molar-refractivity contribution in [3.63, 3.8) is 0 Å². The second kappa shape index (κ2) is 8.11. The minimum Gasteiger partial charge on any atom is -0.300 e. The van der Waals surface area contributed by atoms with Gasteiger partial charge >= 0.3 is 0 Å². The summed E-state index contributed by atoms with van der Waals surface area (Å²) >= 11 is 0. The Morgan fingerprint density at radius 3 is 2.52 bits per heavy atom. The van der Waals surface area contributed by atoms with Crippen LogP contribution in [0.2, 0.25) is 0 Å². The van der Waals surface area contributed by atoms with Gasteiger partial charge in [0.05, 0.1) is 5.69 Å². The Balaban J connectivity index is 1.40. The average molecular weight is 371 g/mol. The first-order valence-electron chi connectivity index (χ1n) is 10.4. The molecule has 0 saturated carbocycles. The van der Waals surface area contributed by atoms with Gasteiger partial charge < -0.3 is 4.90 Å². The summed E-state index contributed by atoms with van der Waals surface area (Å²) in [5.74, 6) is 0.606. The number of benzene rings is 1. The number of halogens is 1. The van der Waals surface area contributed by atoms with Gasteiger partial charge in [0.1, 0.15) is 5.82 Å². The number of likely N-dealkylation sites (tertiary alicyclic amines) is 2. The highest BCUT2D eigenvalue weighted by Crippen LogP contribution is 2.29. The average Bonchev–Trinajstić information content (AvgIpc) is 3.32. The van der Waals surface area contributed by atoms with Gasteiger partial charge in [0.15, 0.2) is 0 Å². The molecule has 2 saturated heterocycles. The van der Waals surface area contributed by atoms with E-state index >= 15 is 0 Å². The maximum absolute atomic E-state index is 14.3. The van der Waals surface area contributed by atoms with Crippen LogP contribution in [-0.4, -0.2) is 51.8 Å². The minimum atomic E-state index is -0.199. The van der Waals surface area contributed by atoms with E-state index in [9.17, 15) is 4.39 Å². The molecule has 4 nitrogen and oxygen atoms in total. The topological polar surface area (TPSA) is 24.3 Å². The van der Waals surface area contributed by atoms with Gasteiger partial charge in [-0.05, 0) is 76.8 Å². The second-order valence-electron chi connectivity index (χ2n) is 8.25. The summed E-state index contributed by atoms with van der Waals surface area (Å²) < 4.78 is 16.1. The van der Waals surface area contributed by atoms with Gasteiger partial charge in [-0.1, -0.05) is 12.1 Å². The Bertz CT molecular complexity index is 757. The molecule has 0 N–H and O–H groups in total. The Kier molecular flexibility index (Phi) is 5.60. The molecule has 146 valence electrons. The van der Waals surface area contributed by atoms with Crippen LogP contribution in [0.5, 0.6) is 0 Å². The smallest absolute Gasteiger partial charge is 0.132 e. The predicted molar refractivity (Wildman–Crippen MR) is 107 cm³/mol. The Labute approximate surface area is 162 Å². The minimum absolute atomic E-state index is 0.199. The molecular formula is C22H31FN4. The maximum Gasteiger partial charge on any atom is 0.132 e. The standard InChI is InChI=1S/C22H31FN4/c1-17(27-11-5-6-12-27)18-9-13-26(14-10-18)16-19-15-25(2)24-22(19)20-7-3-4-8-21(20)23/h3-4,7-8,15,17-18H,5-6,9-14,16H2,1-2H3/t17-/m0/s1. The van der Waals surface area contributed by atoms with Gasteiger partial charge in [-0.15, -0.1) is 0 Å². The lowest BCUT2D eigenvalue weighted by Crippen LogP contribution is -2.42. The molecule has 27 heavy (non-hydrogen) atoms. The lowest BCUT2D eigenvalue weighted by atomic mass is 9.89. The SMILES string of the molecule is C[C@@H](C1CCN(Cc2cn(C)nc2-c2ccccc2F)CC1)N1CCCC1. The fourth-order valence-electron chi connectivity index (χ4n) is 4.81. The van der Waals surface area contributed by atoms with E-state index in [-0.39, 0.29) is 5.82 Å². The van der Waals surface area contributed by atoms with Crippen molar-refractivity contribution in [3.05, 3.63) is 41.8 Å². The fourth-order valence-corrected chi connectivity index (χ4v) is 4.81. The highest BCUT2D eigenvalue weighted by molar-refractivity contribution is 5.63. The molecule has 0 aliphatic carbocycles. The Morgan fingerprint density at radius 2 is 1.81 bits per heavy atom. The molecule has 0 spiro atoms. The number of nitrogens with zero attached hydrogens (tertiary/aromatic N) is 4. The zero-order valence-electron chi connectivity index (χ0n) is 16.6. The van der Waals surface area contributed by atoms with Gasteiger partial charge in [0, 0.05) is 37.0 Å². The first kappa shape index (κ1) is 18.6. The van der Waals surface area contributed by atoms with E-state index in [0.717, 1.165) is 36.8 Å². The van der Waals surface area contributed by atoms with Crippen molar-refractivity contribution >= 4 is 0 Å². The summed E-state index contributed by atoms with van der Waals surface area (Å²) in [4.78, 5) is 5.19. The van der Waals surface area contributed by atoms with Gasteiger partial charge in [0.25, 0.3) is 0 Å². The second-order valence-corrected chi connectivity index (χ2v) is 8.25. The van der Waals surface area contributed by atoms with Crippen molar-refractivity contribution in [1.82, 2.24) is 19.6 Å². The van der Waals surface area contributed by atoms with Gasteiger partial charge in [0.2, 0.25) is 0 Å². The monoisotopic (exact) mass is 370 g/mol. The van der Waals surface area contributed by atoms with Crippen LogP contribution in [0, 0.1) is 11.7 Å². The van der Waals surface area contributed by atoms with Crippen LogP contribution in [-0.2, 0) is 13.6 Å². The normalized spacial score (nSPS) is 21.0. The summed E-state index contributed by atoms with van der Waals surface area (Å²) in [7, 11) is 1.91. The first-order chi connectivity index (χ1) is 13.1. The number of aryl methyl sites for hydroxylation is 1. The van der Waals surface area contributed by atoms with Crippen molar-refractivity contribution in [2.24, 2.45) is 13.0 Å². The summed E-state index contributed by atoms with van der Waals surface area (Å²) in [6.45, 7) is 8.07. The third-order valence-corrected chi connectivity index (χ3v) is 6.46. The lowest BCUT2D eigenvalue weighted by molar-refractivity contribution is 0.108. The van der Waals surface area contributed by atoms with E-state index in [0.29, 0.717) is 11.6 Å². The molecule has 0 bridgehead atoms. The molecule has 1 aromatic heterocycles. The largest absolute Gasteiger partial charge is 0.300 e. The molecule has 2 aromatic rings. The van der Waals surface area contributed by atoms with Crippen LogP contribution in [0.3, 0.4) is 0 Å². The summed E-state index contributed by atoms with van der Waals surface area (Å²) in [6.07, 6.45) is 7.28. The van der Waals surface area contributed by atoms with Gasteiger partial charge in [-0.2, -0.15) is 5.10 Å². The molecule has 0 unspecified atom stereocenters. The van der Waals surface area contributed by atoms with Crippen LogP contribution >= 0.6 is 0 Å². The fraction of sp³-hybridized carbons (Fsp3) is 0.591. The third kappa shape index (κ3) is 4.09. The van der Waals surface area contributed by atoms with E-state index in [4.69, 9.17) is 0 Å². The summed E-state index contributed by atoms with van der Waals surface area (Å²) in [5.41, 5.74) is 2.50. The first-order valence-corrected chi connectivity index (χ1v) is 10.4. The molecule has 5 heteroatoms. The highest BCUT2D eigenvalue weighted by atomic mass is 19.1. The van der Waals surface area contributed by atoms with E-state index in [1.807, 2.05) is 25.4 Å². The molecule has 3 heterocycles. The Hall–Kier alpha value is -1.72. The van der Waals surface area contributed by atoms with Crippen LogP contribution in [0.1, 0.15) is 38.2 Å². The number of rotatable bonds is 5. The number of hydrogen-bond acceptors (Lipinski definition) is 3. The zero-order chi connectivity index (χ0) is 18.8. The number of piperidine rings is 1. The predicted octanol–water partition coefficient (Wildman–Crippen LogP) is 3.92. The van der Waals surface area contributed by atoms with Crippen LogP contribution in [0.4, 0.5) is 4.39 Å². The summed E-state index contributed by atoms with van der Waals surface area (Å²) in [6, 6.07) is 7.65. The highest BCUT2D eigenvalue weighted by Gasteiger charge is 2.29. The molecule has 2 fully saturated rings. The molecule has 1 atom stereocenters. The van der Waals surface area contributed by atoms with E-state index in [2.05, 4.69) is 21.8 Å². The van der Waals surface area contributed by atoms with Crippen LogP contribution < -0.4 is 0 Å². The molecule has 0 radical (unpaired) electrons. The van der Waals surface area contributed by atoms with Crippen LogP contribution in [0.15, 0.2) is 30.5 Å². The quantitative estimate of drug-likeness (QED) is 0.797. The molecular weight excluding hydrogens is 339 g/mol. The molecule has 2 aliphatic heterocycles. The van der Waals surface area contributed by atoms with Crippen molar-refractivity contribution in [2.45, 2.75) is 45.2 Å². The number of hydrogen-bond donors (Lipinski definition) is 0. The summed E-state index contributed by atoms with van der Waals surface area (Å²) in [5, 5.41) is 4.55. The Morgan fingerprint density at radius 1 is 1.11 bits per heavy atom. The van der Waals surface area contributed by atoms with Crippen LogP contribution in [0.25, 0.3) is 11.3 Å². The van der Waals surface area contributed by atoms with Crippen molar-refractivity contribution in [1.29, 1.82) is 0 Å². The molecule has 2 aliphatic rings. The van der Waals surface area contributed by atoms with Gasteiger partial charge in [-0.25, -0.2) is 4.39 Å². The number of aromatic nitrogens is 2. The molecule has 1 aromatic carbocycles.